The lowest BCUT2D eigenvalue weighted by Crippen LogP contribution is -2.40. The van der Waals surface area contributed by atoms with Crippen molar-refractivity contribution in [3.8, 4) is 0 Å². The second kappa shape index (κ2) is 6.00. The molecule has 6 heteroatoms. The first-order chi connectivity index (χ1) is 9.49. The Morgan fingerprint density at radius 1 is 1.35 bits per heavy atom. The van der Waals surface area contributed by atoms with Crippen molar-refractivity contribution in [2.45, 2.75) is 44.7 Å². The first-order valence-corrected chi connectivity index (χ1v) is 6.79. The minimum Gasteiger partial charge on any atom is -0.349 e. The normalized spacial score (nSPS) is 22.3. The van der Waals surface area contributed by atoms with E-state index in [2.05, 4.69) is 5.32 Å². The molecule has 1 aromatic rings. The number of nitrogens with two attached hydrogens (primary N) is 1. The number of aryl methyl sites for hydroxylation is 1. The van der Waals surface area contributed by atoms with Crippen LogP contribution in [0.25, 0.3) is 0 Å². The van der Waals surface area contributed by atoms with Gasteiger partial charge in [-0.3, -0.25) is 14.9 Å². The predicted octanol–water partition coefficient (Wildman–Crippen LogP) is 1.90. The lowest BCUT2D eigenvalue weighted by Gasteiger charge is -2.26. The van der Waals surface area contributed by atoms with Crippen molar-refractivity contribution in [1.29, 1.82) is 0 Å². The zero-order valence-corrected chi connectivity index (χ0v) is 11.5. The van der Waals surface area contributed by atoms with E-state index in [0.29, 0.717) is 5.56 Å². The lowest BCUT2D eigenvalue weighted by molar-refractivity contribution is -0.385. The largest absolute Gasteiger partial charge is 0.349 e. The summed E-state index contributed by atoms with van der Waals surface area (Å²) in [5.41, 5.74) is 6.33. The Bertz CT molecular complexity index is 522. The molecule has 1 amide bonds. The van der Waals surface area contributed by atoms with E-state index in [-0.39, 0.29) is 29.2 Å². The maximum absolute atomic E-state index is 12.2. The third-order valence-electron chi connectivity index (χ3n) is 3.77. The van der Waals surface area contributed by atoms with Gasteiger partial charge in [0.25, 0.3) is 11.6 Å². The van der Waals surface area contributed by atoms with Crippen LogP contribution in [0, 0.1) is 17.0 Å². The average molecular weight is 277 g/mol. The van der Waals surface area contributed by atoms with Gasteiger partial charge >= 0.3 is 0 Å². The fraction of sp³-hybridized carbons (Fsp3) is 0.500. The average Bonchev–Trinajstić information content (AvgIpc) is 2.40. The molecule has 3 N–H and O–H groups in total. The van der Waals surface area contributed by atoms with Crippen LogP contribution in [-0.2, 0) is 0 Å². The summed E-state index contributed by atoms with van der Waals surface area (Å²) in [5, 5.41) is 14.0. The number of nitrogens with one attached hydrogen (secondary N) is 1. The highest BCUT2D eigenvalue weighted by atomic mass is 16.6. The van der Waals surface area contributed by atoms with Crippen LogP contribution in [0.1, 0.15) is 41.6 Å². The van der Waals surface area contributed by atoms with Gasteiger partial charge in [-0.25, -0.2) is 0 Å². The fourth-order valence-corrected chi connectivity index (χ4v) is 2.61. The summed E-state index contributed by atoms with van der Waals surface area (Å²) >= 11 is 0. The van der Waals surface area contributed by atoms with Gasteiger partial charge in [0, 0.05) is 17.6 Å². The second-order valence-electron chi connectivity index (χ2n) is 5.31. The van der Waals surface area contributed by atoms with Crippen molar-refractivity contribution in [2.75, 3.05) is 0 Å². The summed E-state index contributed by atoms with van der Waals surface area (Å²) in [6, 6.07) is 5.05. The van der Waals surface area contributed by atoms with Crippen LogP contribution in [-0.4, -0.2) is 22.9 Å². The van der Waals surface area contributed by atoms with Crippen molar-refractivity contribution in [1.82, 2.24) is 5.32 Å². The molecule has 2 rings (SSSR count). The summed E-state index contributed by atoms with van der Waals surface area (Å²) in [6.07, 6.45) is 3.40. The van der Waals surface area contributed by atoms with Gasteiger partial charge in [0.2, 0.25) is 0 Å². The predicted molar refractivity (Wildman–Crippen MR) is 75.5 cm³/mol. The molecule has 0 atom stereocenters. The number of para-hydroxylation sites is 1. The fourth-order valence-electron chi connectivity index (χ4n) is 2.61. The molecule has 0 radical (unpaired) electrons. The first-order valence-electron chi connectivity index (χ1n) is 6.79. The smallest absolute Gasteiger partial charge is 0.285 e. The summed E-state index contributed by atoms with van der Waals surface area (Å²) in [4.78, 5) is 22.8. The highest BCUT2D eigenvalue weighted by Crippen LogP contribution is 2.24. The molecule has 0 saturated heterocycles. The third kappa shape index (κ3) is 3.14. The van der Waals surface area contributed by atoms with Gasteiger partial charge in [-0.15, -0.1) is 0 Å². The number of nitrogens with zero attached hydrogens (tertiary/aromatic N) is 1. The molecule has 1 aliphatic rings. The molecule has 0 spiro atoms. The lowest BCUT2D eigenvalue weighted by atomic mass is 9.91. The minimum absolute atomic E-state index is 0.0578. The molecule has 0 bridgehead atoms. The van der Waals surface area contributed by atoms with E-state index < -0.39 is 4.92 Å². The van der Waals surface area contributed by atoms with Crippen molar-refractivity contribution in [3.05, 3.63) is 39.4 Å². The van der Waals surface area contributed by atoms with Gasteiger partial charge in [-0.2, -0.15) is 0 Å². The van der Waals surface area contributed by atoms with Crippen LogP contribution >= 0.6 is 0 Å². The van der Waals surface area contributed by atoms with Crippen molar-refractivity contribution in [3.63, 3.8) is 0 Å². The number of nitro benzene ring substituents is 1. The third-order valence-corrected chi connectivity index (χ3v) is 3.77. The van der Waals surface area contributed by atoms with E-state index >= 15 is 0 Å². The molecule has 1 aliphatic carbocycles. The molecule has 1 saturated carbocycles. The van der Waals surface area contributed by atoms with Crippen molar-refractivity contribution >= 4 is 11.6 Å². The van der Waals surface area contributed by atoms with E-state index in [9.17, 15) is 14.9 Å². The van der Waals surface area contributed by atoms with E-state index in [0.717, 1.165) is 25.7 Å². The Morgan fingerprint density at radius 3 is 2.60 bits per heavy atom. The maximum atomic E-state index is 12.2. The second-order valence-corrected chi connectivity index (χ2v) is 5.31. The molecular formula is C14H19N3O3. The Labute approximate surface area is 117 Å². The topological polar surface area (TPSA) is 98.3 Å². The van der Waals surface area contributed by atoms with Gasteiger partial charge in [0.1, 0.15) is 5.56 Å². The number of carbonyl (C=O) groups excluding carboxylic acids is 1. The van der Waals surface area contributed by atoms with E-state index in [1.54, 1.807) is 19.1 Å². The number of rotatable bonds is 3. The summed E-state index contributed by atoms with van der Waals surface area (Å²) in [6.45, 7) is 1.63. The monoisotopic (exact) mass is 277 g/mol. The summed E-state index contributed by atoms with van der Waals surface area (Å²) in [5.74, 6) is -0.374. The number of hydrogen-bond acceptors (Lipinski definition) is 4. The van der Waals surface area contributed by atoms with Crippen LogP contribution in [0.4, 0.5) is 5.69 Å². The molecule has 6 nitrogen and oxygen atoms in total. The van der Waals surface area contributed by atoms with Crippen molar-refractivity contribution in [2.24, 2.45) is 5.73 Å². The number of carbonyl (C=O) groups is 1. The first kappa shape index (κ1) is 14.5. The van der Waals surface area contributed by atoms with Crippen LogP contribution in [0.15, 0.2) is 18.2 Å². The Kier molecular flexibility index (Phi) is 4.34. The highest BCUT2D eigenvalue weighted by molar-refractivity contribution is 5.98. The van der Waals surface area contributed by atoms with Gasteiger partial charge in [0.15, 0.2) is 0 Å². The zero-order valence-electron chi connectivity index (χ0n) is 11.5. The Hall–Kier alpha value is -1.95. The van der Waals surface area contributed by atoms with Gasteiger partial charge in [0.05, 0.1) is 4.92 Å². The van der Waals surface area contributed by atoms with E-state index in [1.807, 2.05) is 0 Å². The van der Waals surface area contributed by atoms with E-state index in [4.69, 9.17) is 5.73 Å². The number of amides is 1. The zero-order chi connectivity index (χ0) is 14.7. The summed E-state index contributed by atoms with van der Waals surface area (Å²) in [7, 11) is 0. The number of nitro groups is 1. The minimum atomic E-state index is -0.499. The summed E-state index contributed by atoms with van der Waals surface area (Å²) < 4.78 is 0. The Balaban J connectivity index is 2.13. The molecule has 1 aromatic carbocycles. The molecule has 0 aliphatic heterocycles. The van der Waals surface area contributed by atoms with Gasteiger partial charge < -0.3 is 11.1 Å². The van der Waals surface area contributed by atoms with Crippen LogP contribution in [0.3, 0.4) is 0 Å². The Morgan fingerprint density at radius 2 is 2.00 bits per heavy atom. The maximum Gasteiger partial charge on any atom is 0.285 e. The van der Waals surface area contributed by atoms with Gasteiger partial charge in [-0.05, 0) is 38.7 Å². The quantitative estimate of drug-likeness (QED) is 0.651. The number of hydrogen-bond donors (Lipinski definition) is 2. The van der Waals surface area contributed by atoms with E-state index in [1.165, 1.54) is 6.07 Å². The standard InChI is InChI=1S/C14H19N3O3/c1-9-3-2-4-12(13(9)17(19)20)14(18)16-11-7-5-10(15)6-8-11/h2-4,10-11H,5-8,15H2,1H3,(H,16,18). The molecule has 0 unspecified atom stereocenters. The van der Waals surface area contributed by atoms with Crippen LogP contribution < -0.4 is 11.1 Å². The SMILES string of the molecule is Cc1cccc(C(=O)NC2CCC(N)CC2)c1[N+](=O)[O-]. The molecule has 0 aromatic heterocycles. The van der Waals surface area contributed by atoms with Crippen LogP contribution in [0.2, 0.25) is 0 Å². The van der Waals surface area contributed by atoms with Crippen LogP contribution in [0.5, 0.6) is 0 Å². The van der Waals surface area contributed by atoms with Gasteiger partial charge in [-0.1, -0.05) is 12.1 Å². The highest BCUT2D eigenvalue weighted by Gasteiger charge is 2.25. The molecule has 108 valence electrons. The number of benzene rings is 1. The molecule has 20 heavy (non-hydrogen) atoms. The van der Waals surface area contributed by atoms with Crippen molar-refractivity contribution < 1.29 is 9.72 Å². The molecule has 0 heterocycles. The molecule has 1 fully saturated rings. The molecular weight excluding hydrogens is 258 g/mol.